The number of imide groups is 1. The van der Waals surface area contributed by atoms with Crippen molar-refractivity contribution in [2.75, 3.05) is 18.1 Å². The first kappa shape index (κ1) is 20.0. The number of quaternary nitrogens is 1. The van der Waals surface area contributed by atoms with E-state index in [0.29, 0.717) is 24.1 Å². The van der Waals surface area contributed by atoms with Gasteiger partial charge < -0.3 is 10.1 Å². The van der Waals surface area contributed by atoms with Crippen LogP contribution in [0.2, 0.25) is 0 Å². The summed E-state index contributed by atoms with van der Waals surface area (Å²) in [5.41, 5.74) is 1.19. The highest BCUT2D eigenvalue weighted by Crippen LogP contribution is 2.61. The average Bonchev–Trinajstić information content (AvgIpc) is 2.99. The highest BCUT2D eigenvalue weighted by atomic mass is 16.5. The summed E-state index contributed by atoms with van der Waals surface area (Å²) in [6.45, 7) is 3.70. The Morgan fingerprint density at radius 2 is 1.67 bits per heavy atom. The standard InChI is InChI=1S/C25H34N2O3/c1-2-9-30-21-5-3-20(4-6-21)27-23(28)13-22(24(27)29)26-8-7-25-14-17-10-18(15-25)12-19(11-17)16-25/h3-6,17-19,22,26H,2,7-16H2,1H3/p+1/t17?,18?,19?,22-,25?/m1/s1. The Kier molecular flexibility index (Phi) is 5.34. The van der Waals surface area contributed by atoms with Crippen molar-refractivity contribution in [3.8, 4) is 5.75 Å². The number of nitrogens with two attached hydrogens (primary N) is 1. The second-order valence-corrected chi connectivity index (χ2v) is 10.4. The van der Waals surface area contributed by atoms with E-state index >= 15 is 0 Å². The Morgan fingerprint density at radius 1 is 1.03 bits per heavy atom. The van der Waals surface area contributed by atoms with Crippen LogP contribution in [0.3, 0.4) is 0 Å². The zero-order valence-corrected chi connectivity index (χ0v) is 18.1. The first-order valence-corrected chi connectivity index (χ1v) is 12.0. The Balaban J connectivity index is 1.17. The highest BCUT2D eigenvalue weighted by molar-refractivity contribution is 6.21. The van der Waals surface area contributed by atoms with E-state index in [9.17, 15) is 9.59 Å². The Labute approximate surface area is 179 Å². The van der Waals surface area contributed by atoms with Gasteiger partial charge in [-0.15, -0.1) is 0 Å². The molecule has 0 spiro atoms. The monoisotopic (exact) mass is 411 g/mol. The predicted octanol–water partition coefficient (Wildman–Crippen LogP) is 3.28. The third kappa shape index (κ3) is 3.77. The van der Waals surface area contributed by atoms with Crippen LogP contribution in [0.15, 0.2) is 24.3 Å². The summed E-state index contributed by atoms with van der Waals surface area (Å²) in [5, 5.41) is 2.15. The second kappa shape index (κ2) is 7.99. The average molecular weight is 412 g/mol. The smallest absolute Gasteiger partial charge is 0.292 e. The number of nitrogens with zero attached hydrogens (tertiary/aromatic N) is 1. The molecule has 2 amide bonds. The van der Waals surface area contributed by atoms with E-state index in [4.69, 9.17) is 4.74 Å². The third-order valence-electron chi connectivity index (χ3n) is 8.04. The summed E-state index contributed by atoms with van der Waals surface area (Å²) in [6, 6.07) is 7.06. The minimum Gasteiger partial charge on any atom is -0.494 e. The summed E-state index contributed by atoms with van der Waals surface area (Å²) >= 11 is 0. The van der Waals surface area contributed by atoms with Crippen LogP contribution in [-0.4, -0.2) is 31.0 Å². The van der Waals surface area contributed by atoms with Crippen LogP contribution in [0.5, 0.6) is 5.75 Å². The Morgan fingerprint density at radius 3 is 2.27 bits per heavy atom. The quantitative estimate of drug-likeness (QED) is 0.668. The van der Waals surface area contributed by atoms with Gasteiger partial charge in [0, 0.05) is 6.42 Å². The number of ether oxygens (including phenoxy) is 1. The van der Waals surface area contributed by atoms with Crippen molar-refractivity contribution in [2.24, 2.45) is 23.2 Å². The van der Waals surface area contributed by atoms with Crippen LogP contribution in [0.1, 0.15) is 64.7 Å². The van der Waals surface area contributed by atoms with E-state index in [-0.39, 0.29) is 17.9 Å². The molecule has 5 fully saturated rings. The number of benzene rings is 1. The molecule has 0 radical (unpaired) electrons. The first-order chi connectivity index (χ1) is 14.5. The van der Waals surface area contributed by atoms with Gasteiger partial charge in [-0.05, 0) is 92.4 Å². The van der Waals surface area contributed by atoms with Crippen LogP contribution in [0, 0.1) is 23.2 Å². The maximum atomic E-state index is 13.0. The van der Waals surface area contributed by atoms with Crippen molar-refractivity contribution >= 4 is 17.5 Å². The van der Waals surface area contributed by atoms with Gasteiger partial charge >= 0.3 is 0 Å². The molecule has 162 valence electrons. The fourth-order valence-corrected chi connectivity index (χ4v) is 7.21. The second-order valence-electron chi connectivity index (χ2n) is 10.4. The molecule has 2 N–H and O–H groups in total. The summed E-state index contributed by atoms with van der Waals surface area (Å²) in [4.78, 5) is 26.9. The zero-order valence-electron chi connectivity index (χ0n) is 18.1. The molecule has 1 heterocycles. The number of hydrogen-bond donors (Lipinski definition) is 1. The highest BCUT2D eigenvalue weighted by Gasteiger charge is 2.51. The van der Waals surface area contributed by atoms with Crippen molar-refractivity contribution in [1.29, 1.82) is 0 Å². The number of hydrogen-bond acceptors (Lipinski definition) is 3. The molecule has 1 aromatic rings. The molecule has 0 unspecified atom stereocenters. The van der Waals surface area contributed by atoms with E-state index in [1.165, 1.54) is 49.8 Å². The third-order valence-corrected chi connectivity index (χ3v) is 8.04. The van der Waals surface area contributed by atoms with Gasteiger partial charge in [0.2, 0.25) is 5.91 Å². The van der Waals surface area contributed by atoms with Gasteiger partial charge in [0.15, 0.2) is 6.04 Å². The molecule has 4 saturated carbocycles. The van der Waals surface area contributed by atoms with Gasteiger partial charge in [-0.2, -0.15) is 0 Å². The maximum Gasteiger partial charge on any atom is 0.292 e. The van der Waals surface area contributed by atoms with E-state index in [0.717, 1.165) is 36.5 Å². The number of anilines is 1. The topological polar surface area (TPSA) is 63.2 Å². The molecule has 5 nitrogen and oxygen atoms in total. The van der Waals surface area contributed by atoms with Crippen LogP contribution in [0.25, 0.3) is 0 Å². The summed E-state index contributed by atoms with van der Waals surface area (Å²) in [6.07, 6.45) is 11.1. The van der Waals surface area contributed by atoms with E-state index in [2.05, 4.69) is 12.2 Å². The molecular weight excluding hydrogens is 376 g/mol. The lowest BCUT2D eigenvalue weighted by Gasteiger charge is -2.56. The van der Waals surface area contributed by atoms with Crippen molar-refractivity contribution in [3.63, 3.8) is 0 Å². The fourth-order valence-electron chi connectivity index (χ4n) is 7.21. The van der Waals surface area contributed by atoms with E-state index < -0.39 is 0 Å². The van der Waals surface area contributed by atoms with Crippen molar-refractivity contribution in [2.45, 2.75) is 70.8 Å². The van der Waals surface area contributed by atoms with Crippen LogP contribution < -0.4 is 15.0 Å². The molecule has 5 aliphatic rings. The summed E-state index contributed by atoms with van der Waals surface area (Å²) < 4.78 is 5.61. The van der Waals surface area contributed by atoms with Crippen LogP contribution >= 0.6 is 0 Å². The van der Waals surface area contributed by atoms with Crippen LogP contribution in [-0.2, 0) is 9.59 Å². The molecule has 1 aromatic carbocycles. The predicted molar refractivity (Wildman–Crippen MR) is 115 cm³/mol. The van der Waals surface area contributed by atoms with Gasteiger partial charge in [0.05, 0.1) is 25.3 Å². The van der Waals surface area contributed by atoms with Gasteiger partial charge in [0.25, 0.3) is 5.91 Å². The molecule has 1 atom stereocenters. The molecule has 4 aliphatic carbocycles. The summed E-state index contributed by atoms with van der Waals surface area (Å²) in [5.74, 6) is 3.52. The van der Waals surface area contributed by atoms with Gasteiger partial charge in [-0.3, -0.25) is 9.59 Å². The molecule has 6 rings (SSSR count). The molecular formula is C25H35N2O3+. The van der Waals surface area contributed by atoms with Crippen molar-refractivity contribution in [3.05, 3.63) is 24.3 Å². The van der Waals surface area contributed by atoms with Crippen molar-refractivity contribution < 1.29 is 19.6 Å². The lowest BCUT2D eigenvalue weighted by atomic mass is 9.49. The van der Waals surface area contributed by atoms with Gasteiger partial charge in [-0.25, -0.2) is 4.90 Å². The van der Waals surface area contributed by atoms with E-state index in [1.54, 1.807) is 0 Å². The fraction of sp³-hybridized carbons (Fsp3) is 0.680. The molecule has 30 heavy (non-hydrogen) atoms. The largest absolute Gasteiger partial charge is 0.494 e. The van der Waals surface area contributed by atoms with E-state index in [1.807, 2.05) is 24.3 Å². The normalized spacial score (nSPS) is 34.8. The number of carbonyl (C=O) groups is 2. The SMILES string of the molecule is CCCOc1ccc(N2C(=O)C[C@@H]([NH2+]CCC34CC5CC(CC(C5)C3)C4)C2=O)cc1. The molecule has 4 bridgehead atoms. The molecule has 1 saturated heterocycles. The lowest BCUT2D eigenvalue weighted by Crippen LogP contribution is -2.92. The lowest BCUT2D eigenvalue weighted by molar-refractivity contribution is -0.676. The minimum absolute atomic E-state index is 0.0623. The number of amides is 2. The summed E-state index contributed by atoms with van der Waals surface area (Å²) in [7, 11) is 0. The molecule has 5 heteroatoms. The first-order valence-electron chi connectivity index (χ1n) is 12.0. The minimum atomic E-state index is -0.262. The number of carbonyl (C=O) groups excluding carboxylic acids is 2. The van der Waals surface area contributed by atoms with Gasteiger partial charge in [-0.1, -0.05) is 6.92 Å². The van der Waals surface area contributed by atoms with Crippen LogP contribution in [0.4, 0.5) is 5.69 Å². The maximum absolute atomic E-state index is 13.0. The molecule has 1 aliphatic heterocycles. The van der Waals surface area contributed by atoms with Crippen molar-refractivity contribution in [1.82, 2.24) is 0 Å². The Bertz CT molecular complexity index is 768. The zero-order chi connectivity index (χ0) is 20.7. The Hall–Kier alpha value is -1.88. The number of rotatable bonds is 8. The van der Waals surface area contributed by atoms with Gasteiger partial charge in [0.1, 0.15) is 5.75 Å². The molecule has 0 aromatic heterocycles.